The molecule has 24 heavy (non-hydrogen) atoms. The van der Waals surface area contributed by atoms with Crippen molar-refractivity contribution in [3.63, 3.8) is 0 Å². The number of aromatic nitrogens is 2. The largest absolute Gasteiger partial charge is 0.343 e. The Morgan fingerprint density at radius 2 is 1.92 bits per heavy atom. The molecular weight excluding hydrogens is 300 g/mol. The van der Waals surface area contributed by atoms with Crippen molar-refractivity contribution in [1.29, 1.82) is 0 Å². The number of aromatic amines is 1. The quantitative estimate of drug-likeness (QED) is 0.675. The normalized spacial score (nSPS) is 12.5. The zero-order valence-corrected chi connectivity index (χ0v) is 13.9. The number of amides is 1. The van der Waals surface area contributed by atoms with Crippen molar-refractivity contribution in [2.45, 2.75) is 25.8 Å². The van der Waals surface area contributed by atoms with Gasteiger partial charge in [-0.05, 0) is 34.4 Å². The smallest absolute Gasteiger partial charge is 0.272 e. The highest BCUT2D eigenvalue weighted by Gasteiger charge is 2.17. The molecule has 4 N–H and O–H groups in total. The number of nitrogens with zero attached hydrogens (tertiary/aromatic N) is 1. The van der Waals surface area contributed by atoms with Gasteiger partial charge in [-0.15, -0.1) is 0 Å². The number of benzene rings is 2. The van der Waals surface area contributed by atoms with Crippen molar-refractivity contribution in [2.24, 2.45) is 5.73 Å². The van der Waals surface area contributed by atoms with Crippen molar-refractivity contribution in [3.05, 3.63) is 65.5 Å². The lowest BCUT2D eigenvalue weighted by Crippen LogP contribution is -2.33. The Balaban J connectivity index is 1.80. The van der Waals surface area contributed by atoms with E-state index >= 15 is 0 Å². The molecule has 1 aromatic heterocycles. The van der Waals surface area contributed by atoms with Crippen LogP contribution in [-0.4, -0.2) is 22.6 Å². The summed E-state index contributed by atoms with van der Waals surface area (Å²) >= 11 is 0. The number of hydrogen-bond acceptors (Lipinski definition) is 3. The van der Waals surface area contributed by atoms with Gasteiger partial charge in [-0.2, -0.15) is 5.10 Å². The van der Waals surface area contributed by atoms with E-state index < -0.39 is 0 Å². The molecule has 0 bridgehead atoms. The maximum absolute atomic E-state index is 12.4. The third-order valence-corrected chi connectivity index (χ3v) is 4.17. The minimum Gasteiger partial charge on any atom is -0.343 e. The van der Waals surface area contributed by atoms with Crippen LogP contribution in [0.2, 0.25) is 0 Å². The summed E-state index contributed by atoms with van der Waals surface area (Å²) in [5, 5.41) is 12.3. The van der Waals surface area contributed by atoms with Gasteiger partial charge >= 0.3 is 0 Å². The maximum Gasteiger partial charge on any atom is 0.272 e. The number of hydrogen-bond donors (Lipinski definition) is 3. The Kier molecular flexibility index (Phi) is 4.62. The molecule has 1 heterocycles. The zero-order valence-electron chi connectivity index (χ0n) is 13.9. The highest BCUT2D eigenvalue weighted by molar-refractivity contribution is 5.92. The number of carbonyl (C=O) groups is 1. The highest BCUT2D eigenvalue weighted by atomic mass is 16.2. The number of carbonyl (C=O) groups excluding carboxylic acids is 1. The van der Waals surface area contributed by atoms with Crippen molar-refractivity contribution in [1.82, 2.24) is 15.5 Å². The fourth-order valence-electron chi connectivity index (χ4n) is 2.68. The molecule has 1 amide bonds. The summed E-state index contributed by atoms with van der Waals surface area (Å²) in [6.45, 7) is 4.42. The van der Waals surface area contributed by atoms with Crippen LogP contribution >= 0.6 is 0 Å². The van der Waals surface area contributed by atoms with Crippen LogP contribution in [0.1, 0.15) is 47.6 Å². The lowest BCUT2D eigenvalue weighted by atomic mass is 10.0. The van der Waals surface area contributed by atoms with Crippen molar-refractivity contribution < 1.29 is 4.79 Å². The minimum absolute atomic E-state index is 0.221. The van der Waals surface area contributed by atoms with Crippen LogP contribution in [0.3, 0.4) is 0 Å². The fraction of sp³-hybridized carbons (Fsp3) is 0.263. The molecule has 124 valence electrons. The molecule has 5 nitrogen and oxygen atoms in total. The van der Waals surface area contributed by atoms with Gasteiger partial charge in [-0.3, -0.25) is 9.89 Å². The number of rotatable bonds is 5. The second-order valence-electron chi connectivity index (χ2n) is 6.23. The highest BCUT2D eigenvalue weighted by Crippen LogP contribution is 2.20. The van der Waals surface area contributed by atoms with E-state index in [1.54, 1.807) is 6.07 Å². The molecule has 1 atom stereocenters. The van der Waals surface area contributed by atoms with Crippen molar-refractivity contribution in [2.75, 3.05) is 6.54 Å². The van der Waals surface area contributed by atoms with E-state index in [0.29, 0.717) is 18.2 Å². The molecule has 0 aliphatic carbocycles. The van der Waals surface area contributed by atoms with Crippen LogP contribution in [0, 0.1) is 0 Å². The SMILES string of the molecule is CC(C)c1cc(C(=O)NC(CN)c2ccc3ccccc3c2)n[nH]1. The first kappa shape index (κ1) is 16.2. The first-order chi connectivity index (χ1) is 11.6. The predicted octanol–water partition coefficient (Wildman–Crippen LogP) is 3.12. The van der Waals surface area contributed by atoms with E-state index in [9.17, 15) is 4.79 Å². The Morgan fingerprint density at radius 1 is 1.17 bits per heavy atom. The molecule has 1 unspecified atom stereocenters. The summed E-state index contributed by atoms with van der Waals surface area (Å²) in [6, 6.07) is 15.8. The Hall–Kier alpha value is -2.66. The van der Waals surface area contributed by atoms with E-state index in [1.165, 1.54) is 0 Å². The Labute approximate surface area is 141 Å². The second kappa shape index (κ2) is 6.84. The monoisotopic (exact) mass is 322 g/mol. The third kappa shape index (κ3) is 3.31. The standard InChI is InChI=1S/C19H22N4O/c1-12(2)16-10-17(23-22-16)19(24)21-18(11-20)15-8-7-13-5-3-4-6-14(13)9-15/h3-10,12,18H,11,20H2,1-2H3,(H,21,24)(H,22,23). The minimum atomic E-state index is -0.249. The number of fused-ring (bicyclic) bond motifs is 1. The van der Waals surface area contributed by atoms with Gasteiger partial charge in [0.25, 0.3) is 5.91 Å². The number of H-pyrrole nitrogens is 1. The summed E-state index contributed by atoms with van der Waals surface area (Å²) in [5.74, 6) is 0.0756. The van der Waals surface area contributed by atoms with Crippen LogP contribution in [0.25, 0.3) is 10.8 Å². The first-order valence-corrected chi connectivity index (χ1v) is 8.13. The topological polar surface area (TPSA) is 83.8 Å². The van der Waals surface area contributed by atoms with Gasteiger partial charge in [0.15, 0.2) is 0 Å². The van der Waals surface area contributed by atoms with Gasteiger partial charge in [-0.25, -0.2) is 0 Å². The summed E-state index contributed by atoms with van der Waals surface area (Å²) in [4.78, 5) is 12.4. The molecular formula is C19H22N4O. The molecule has 0 radical (unpaired) electrons. The molecule has 3 rings (SSSR count). The molecule has 0 spiro atoms. The zero-order chi connectivity index (χ0) is 17.1. The van der Waals surface area contributed by atoms with Gasteiger partial charge < -0.3 is 11.1 Å². The average Bonchev–Trinajstić information content (AvgIpc) is 3.09. The Morgan fingerprint density at radius 3 is 2.58 bits per heavy atom. The van der Waals surface area contributed by atoms with Gasteiger partial charge in [0.2, 0.25) is 0 Å². The molecule has 0 saturated heterocycles. The molecule has 3 aromatic rings. The predicted molar refractivity (Wildman–Crippen MR) is 95.9 cm³/mol. The molecule has 5 heteroatoms. The van der Waals surface area contributed by atoms with Crippen LogP contribution in [0.5, 0.6) is 0 Å². The lowest BCUT2D eigenvalue weighted by molar-refractivity contribution is 0.0933. The summed E-state index contributed by atoms with van der Waals surface area (Å²) in [5.41, 5.74) is 8.20. The average molecular weight is 322 g/mol. The number of nitrogens with one attached hydrogen (secondary N) is 2. The third-order valence-electron chi connectivity index (χ3n) is 4.17. The Bertz CT molecular complexity index is 853. The van der Waals surface area contributed by atoms with Crippen LogP contribution in [0.4, 0.5) is 0 Å². The fourth-order valence-corrected chi connectivity index (χ4v) is 2.68. The van der Waals surface area contributed by atoms with Gasteiger partial charge in [0, 0.05) is 12.2 Å². The molecule has 0 aliphatic rings. The van der Waals surface area contributed by atoms with Gasteiger partial charge in [-0.1, -0.05) is 50.2 Å². The van der Waals surface area contributed by atoms with Gasteiger partial charge in [0.05, 0.1) is 6.04 Å². The number of nitrogens with two attached hydrogens (primary N) is 1. The molecule has 0 saturated carbocycles. The molecule has 0 aliphatic heterocycles. The maximum atomic E-state index is 12.4. The first-order valence-electron chi connectivity index (χ1n) is 8.13. The summed E-state index contributed by atoms with van der Waals surface area (Å²) in [6.07, 6.45) is 0. The van der Waals surface area contributed by atoms with Gasteiger partial charge in [0.1, 0.15) is 5.69 Å². The lowest BCUT2D eigenvalue weighted by Gasteiger charge is -2.17. The van der Waals surface area contributed by atoms with Crippen molar-refractivity contribution in [3.8, 4) is 0 Å². The van der Waals surface area contributed by atoms with Crippen LogP contribution < -0.4 is 11.1 Å². The molecule has 2 aromatic carbocycles. The van der Waals surface area contributed by atoms with E-state index in [2.05, 4.69) is 33.7 Å². The van der Waals surface area contributed by atoms with Crippen molar-refractivity contribution >= 4 is 16.7 Å². The summed E-state index contributed by atoms with van der Waals surface area (Å²) < 4.78 is 0. The summed E-state index contributed by atoms with van der Waals surface area (Å²) in [7, 11) is 0. The molecule has 0 fully saturated rings. The van der Waals surface area contributed by atoms with Crippen LogP contribution in [-0.2, 0) is 0 Å². The van der Waals surface area contributed by atoms with E-state index in [1.807, 2.05) is 38.1 Å². The van der Waals surface area contributed by atoms with E-state index in [0.717, 1.165) is 22.0 Å². The second-order valence-corrected chi connectivity index (χ2v) is 6.23. The van der Waals surface area contributed by atoms with Crippen LogP contribution in [0.15, 0.2) is 48.5 Å². The van der Waals surface area contributed by atoms with E-state index in [4.69, 9.17) is 5.73 Å². The van der Waals surface area contributed by atoms with E-state index in [-0.39, 0.29) is 11.9 Å².